The number of hydrogen-bond donors (Lipinski definition) is 1. The predicted octanol–water partition coefficient (Wildman–Crippen LogP) is 2.49. The molecule has 0 aliphatic rings. The second-order valence-electron chi connectivity index (χ2n) is 5.30. The Morgan fingerprint density at radius 2 is 1.92 bits per heavy atom. The SMILES string of the molecule is CC(=O)NCCc1ccc(C(=O)Cn2cc(C(F)(F)F)ccc2=O)s1. The van der Waals surface area contributed by atoms with E-state index in [4.69, 9.17) is 0 Å². The van der Waals surface area contributed by atoms with Gasteiger partial charge in [0.15, 0.2) is 5.78 Å². The van der Waals surface area contributed by atoms with Gasteiger partial charge in [0.25, 0.3) is 5.56 Å². The first kappa shape index (κ1) is 18.9. The lowest BCUT2D eigenvalue weighted by atomic mass is 10.2. The van der Waals surface area contributed by atoms with Crippen LogP contribution in [0, 0.1) is 0 Å². The first-order chi connectivity index (χ1) is 11.7. The topological polar surface area (TPSA) is 68.2 Å². The third-order valence-electron chi connectivity index (χ3n) is 3.31. The number of nitrogens with one attached hydrogen (secondary N) is 1. The fraction of sp³-hybridized carbons (Fsp3) is 0.312. The molecule has 0 saturated heterocycles. The van der Waals surface area contributed by atoms with Crippen LogP contribution in [0.3, 0.4) is 0 Å². The van der Waals surface area contributed by atoms with Crippen LogP contribution in [0.25, 0.3) is 0 Å². The van der Waals surface area contributed by atoms with E-state index in [9.17, 15) is 27.6 Å². The van der Waals surface area contributed by atoms with Crippen molar-refractivity contribution in [3.05, 3.63) is 56.1 Å². The van der Waals surface area contributed by atoms with E-state index >= 15 is 0 Å². The quantitative estimate of drug-likeness (QED) is 0.793. The molecule has 0 atom stereocenters. The minimum absolute atomic E-state index is 0.156. The summed E-state index contributed by atoms with van der Waals surface area (Å²) in [6.45, 7) is 1.36. The summed E-state index contributed by atoms with van der Waals surface area (Å²) in [5.41, 5.74) is -1.66. The maximum atomic E-state index is 12.7. The highest BCUT2D eigenvalue weighted by molar-refractivity contribution is 7.14. The lowest BCUT2D eigenvalue weighted by Gasteiger charge is -2.09. The Morgan fingerprint density at radius 3 is 2.56 bits per heavy atom. The maximum absolute atomic E-state index is 12.7. The van der Waals surface area contributed by atoms with Gasteiger partial charge in [-0.1, -0.05) is 0 Å². The zero-order chi connectivity index (χ0) is 18.6. The Kier molecular flexibility index (Phi) is 5.78. The summed E-state index contributed by atoms with van der Waals surface area (Å²) in [7, 11) is 0. The van der Waals surface area contributed by atoms with E-state index in [0.717, 1.165) is 15.5 Å². The van der Waals surface area contributed by atoms with Crippen LogP contribution in [0.5, 0.6) is 0 Å². The van der Waals surface area contributed by atoms with E-state index in [1.165, 1.54) is 18.3 Å². The third kappa shape index (κ3) is 5.28. The molecule has 0 bridgehead atoms. The van der Waals surface area contributed by atoms with Crippen LogP contribution in [-0.2, 0) is 23.9 Å². The number of nitrogens with zero attached hydrogens (tertiary/aromatic N) is 1. The molecule has 0 unspecified atom stereocenters. The highest BCUT2D eigenvalue weighted by Gasteiger charge is 2.31. The average Bonchev–Trinajstić information content (AvgIpc) is 2.97. The molecule has 0 aromatic carbocycles. The summed E-state index contributed by atoms with van der Waals surface area (Å²) in [5, 5.41) is 2.63. The van der Waals surface area contributed by atoms with Crippen molar-refractivity contribution < 1.29 is 22.8 Å². The monoisotopic (exact) mass is 372 g/mol. The van der Waals surface area contributed by atoms with Gasteiger partial charge in [-0.25, -0.2) is 0 Å². The number of Topliss-reactive ketones (excluding diaryl/α,β-unsaturated/α-hetero) is 1. The molecule has 134 valence electrons. The standard InChI is InChI=1S/C16H15F3N2O3S/c1-10(22)20-7-6-12-3-4-14(25-12)13(23)9-21-8-11(16(17,18)19)2-5-15(21)24/h2-5,8H,6-7,9H2,1H3,(H,20,22). The normalized spacial score (nSPS) is 11.4. The van der Waals surface area contributed by atoms with Crippen molar-refractivity contribution in [2.45, 2.75) is 26.1 Å². The lowest BCUT2D eigenvalue weighted by molar-refractivity contribution is -0.138. The minimum atomic E-state index is -4.59. The number of carbonyl (C=O) groups excluding carboxylic acids is 2. The molecule has 1 amide bonds. The summed E-state index contributed by atoms with van der Waals surface area (Å²) in [6.07, 6.45) is -3.40. The number of rotatable bonds is 6. The van der Waals surface area contributed by atoms with E-state index in [-0.39, 0.29) is 5.91 Å². The molecule has 0 saturated carbocycles. The number of alkyl halides is 3. The number of hydrogen-bond acceptors (Lipinski definition) is 4. The summed E-state index contributed by atoms with van der Waals surface area (Å²) in [4.78, 5) is 35.9. The molecule has 2 rings (SSSR count). The summed E-state index contributed by atoms with van der Waals surface area (Å²) in [5.74, 6) is -0.603. The number of ketones is 1. The molecule has 0 aliphatic carbocycles. The van der Waals surface area contributed by atoms with Gasteiger partial charge >= 0.3 is 6.18 Å². The zero-order valence-electron chi connectivity index (χ0n) is 13.2. The van der Waals surface area contributed by atoms with E-state index in [1.54, 1.807) is 12.1 Å². The first-order valence-electron chi connectivity index (χ1n) is 7.31. The van der Waals surface area contributed by atoms with Gasteiger partial charge in [0.05, 0.1) is 17.0 Å². The number of pyridine rings is 1. The molecule has 9 heteroatoms. The van der Waals surface area contributed by atoms with Crippen molar-refractivity contribution in [1.29, 1.82) is 0 Å². The lowest BCUT2D eigenvalue weighted by Crippen LogP contribution is -2.24. The van der Waals surface area contributed by atoms with Crippen molar-refractivity contribution in [3.63, 3.8) is 0 Å². The Morgan fingerprint density at radius 1 is 1.20 bits per heavy atom. The number of halogens is 3. The summed E-state index contributed by atoms with van der Waals surface area (Å²) in [6, 6.07) is 4.77. The first-order valence-corrected chi connectivity index (χ1v) is 8.12. The number of carbonyl (C=O) groups is 2. The molecule has 2 aromatic heterocycles. The van der Waals surface area contributed by atoms with Gasteiger partial charge in [0.1, 0.15) is 0 Å². The van der Waals surface area contributed by atoms with Crippen molar-refractivity contribution in [3.8, 4) is 0 Å². The van der Waals surface area contributed by atoms with Gasteiger partial charge in [-0.15, -0.1) is 11.3 Å². The number of aromatic nitrogens is 1. The molecule has 5 nitrogen and oxygen atoms in total. The fourth-order valence-electron chi connectivity index (χ4n) is 2.08. The third-order valence-corrected chi connectivity index (χ3v) is 4.49. The van der Waals surface area contributed by atoms with Gasteiger partial charge in [-0.3, -0.25) is 14.4 Å². The average molecular weight is 372 g/mol. The smallest absolute Gasteiger partial charge is 0.356 e. The van der Waals surface area contributed by atoms with Gasteiger partial charge in [-0.2, -0.15) is 13.2 Å². The Labute approximate surface area is 145 Å². The van der Waals surface area contributed by atoms with E-state index in [1.807, 2.05) is 0 Å². The van der Waals surface area contributed by atoms with Crippen LogP contribution < -0.4 is 10.9 Å². The second-order valence-corrected chi connectivity index (χ2v) is 6.47. The number of thiophene rings is 1. The van der Waals surface area contributed by atoms with Crippen LogP contribution >= 0.6 is 11.3 Å². The van der Waals surface area contributed by atoms with E-state index in [0.29, 0.717) is 30.1 Å². The molecule has 25 heavy (non-hydrogen) atoms. The van der Waals surface area contributed by atoms with Crippen LogP contribution in [0.1, 0.15) is 27.0 Å². The molecule has 0 fully saturated rings. The van der Waals surface area contributed by atoms with E-state index in [2.05, 4.69) is 5.32 Å². The predicted molar refractivity (Wildman–Crippen MR) is 86.7 cm³/mol. The molecule has 2 heterocycles. The van der Waals surface area contributed by atoms with Crippen molar-refractivity contribution in [2.75, 3.05) is 6.54 Å². The second kappa shape index (κ2) is 7.64. The highest BCUT2D eigenvalue weighted by atomic mass is 32.1. The molecular formula is C16H15F3N2O3S. The number of amides is 1. The van der Waals surface area contributed by atoms with Crippen molar-refractivity contribution >= 4 is 23.0 Å². The minimum Gasteiger partial charge on any atom is -0.356 e. The van der Waals surface area contributed by atoms with Crippen LogP contribution in [0.2, 0.25) is 0 Å². The molecule has 0 radical (unpaired) electrons. The summed E-state index contributed by atoms with van der Waals surface area (Å²) < 4.78 is 38.9. The Balaban J connectivity index is 2.09. The molecule has 1 N–H and O–H groups in total. The van der Waals surface area contributed by atoms with Gasteiger partial charge in [-0.05, 0) is 24.6 Å². The van der Waals surface area contributed by atoms with Crippen LogP contribution in [-0.4, -0.2) is 22.8 Å². The molecule has 0 spiro atoms. The molecule has 2 aromatic rings. The molecule has 0 aliphatic heterocycles. The van der Waals surface area contributed by atoms with E-state index < -0.39 is 29.6 Å². The summed E-state index contributed by atoms with van der Waals surface area (Å²) >= 11 is 1.19. The molecular weight excluding hydrogens is 357 g/mol. The maximum Gasteiger partial charge on any atom is 0.417 e. The highest BCUT2D eigenvalue weighted by Crippen LogP contribution is 2.28. The zero-order valence-corrected chi connectivity index (χ0v) is 14.0. The van der Waals surface area contributed by atoms with Crippen LogP contribution in [0.4, 0.5) is 13.2 Å². The van der Waals surface area contributed by atoms with Crippen molar-refractivity contribution in [2.24, 2.45) is 0 Å². The van der Waals surface area contributed by atoms with Crippen LogP contribution in [0.15, 0.2) is 35.3 Å². The van der Waals surface area contributed by atoms with Crippen molar-refractivity contribution in [1.82, 2.24) is 9.88 Å². The van der Waals surface area contributed by atoms with Gasteiger partial charge < -0.3 is 9.88 Å². The fourth-order valence-corrected chi connectivity index (χ4v) is 3.02. The Hall–Kier alpha value is -2.42. The van der Waals surface area contributed by atoms with Gasteiger partial charge in [0.2, 0.25) is 5.91 Å². The van der Waals surface area contributed by atoms with Gasteiger partial charge in [0, 0.05) is 30.6 Å². The Bertz CT molecular complexity index is 840. The largest absolute Gasteiger partial charge is 0.417 e.